The van der Waals surface area contributed by atoms with Crippen LogP contribution in [0.1, 0.15) is 6.92 Å². The van der Waals surface area contributed by atoms with Gasteiger partial charge in [-0.05, 0) is 43.3 Å². The van der Waals surface area contributed by atoms with E-state index in [0.29, 0.717) is 11.8 Å². The van der Waals surface area contributed by atoms with E-state index in [1.54, 1.807) is 6.92 Å². The Labute approximate surface area is 146 Å². The monoisotopic (exact) mass is 368 g/mol. The van der Waals surface area contributed by atoms with Crippen LogP contribution < -0.4 is 10.6 Å². The summed E-state index contributed by atoms with van der Waals surface area (Å²) in [4.78, 5) is 23.8. The molecule has 2 amide bonds. The van der Waals surface area contributed by atoms with Crippen LogP contribution in [0.4, 0.5) is 24.5 Å². The maximum atomic E-state index is 13.1. The van der Waals surface area contributed by atoms with Crippen molar-refractivity contribution < 1.29 is 22.8 Å². The number of benzene rings is 2. The third-order valence-electron chi connectivity index (χ3n) is 3.09. The molecule has 132 valence electrons. The number of hydrogen-bond donors (Lipinski definition) is 2. The maximum Gasteiger partial charge on any atom is 0.237 e. The summed E-state index contributed by atoms with van der Waals surface area (Å²) in [6, 6.07) is 7.99. The maximum absolute atomic E-state index is 13.1. The van der Waals surface area contributed by atoms with Gasteiger partial charge < -0.3 is 10.6 Å². The first-order chi connectivity index (χ1) is 11.8. The van der Waals surface area contributed by atoms with Gasteiger partial charge in [-0.25, -0.2) is 13.2 Å². The second-order valence-electron chi connectivity index (χ2n) is 5.16. The molecule has 0 spiro atoms. The quantitative estimate of drug-likeness (QED) is 0.815. The summed E-state index contributed by atoms with van der Waals surface area (Å²) in [6.45, 7) is 1.57. The Morgan fingerprint density at radius 3 is 2.12 bits per heavy atom. The van der Waals surface area contributed by atoms with E-state index >= 15 is 0 Å². The van der Waals surface area contributed by atoms with Crippen LogP contribution in [0.3, 0.4) is 0 Å². The normalized spacial score (nSPS) is 11.7. The predicted molar refractivity (Wildman–Crippen MR) is 91.9 cm³/mol. The van der Waals surface area contributed by atoms with Gasteiger partial charge in [-0.2, -0.15) is 0 Å². The highest BCUT2D eigenvalue weighted by Gasteiger charge is 2.16. The first-order valence-corrected chi connectivity index (χ1v) is 8.32. The summed E-state index contributed by atoms with van der Waals surface area (Å²) >= 11 is 1.06. The molecule has 25 heavy (non-hydrogen) atoms. The van der Waals surface area contributed by atoms with Crippen LogP contribution in [0.15, 0.2) is 42.5 Å². The van der Waals surface area contributed by atoms with E-state index in [1.165, 1.54) is 24.3 Å². The van der Waals surface area contributed by atoms with Crippen LogP contribution in [0.25, 0.3) is 0 Å². The Balaban J connectivity index is 1.82. The fourth-order valence-electron chi connectivity index (χ4n) is 1.88. The fourth-order valence-corrected chi connectivity index (χ4v) is 2.56. The van der Waals surface area contributed by atoms with Crippen LogP contribution in [-0.4, -0.2) is 22.8 Å². The molecule has 0 saturated carbocycles. The molecule has 0 fully saturated rings. The summed E-state index contributed by atoms with van der Waals surface area (Å²) in [5.74, 6) is -2.85. The molecule has 2 rings (SSSR count). The minimum Gasteiger partial charge on any atom is -0.325 e. The summed E-state index contributed by atoms with van der Waals surface area (Å²) < 4.78 is 39.0. The largest absolute Gasteiger partial charge is 0.325 e. The van der Waals surface area contributed by atoms with Crippen molar-refractivity contribution in [3.63, 3.8) is 0 Å². The van der Waals surface area contributed by atoms with Gasteiger partial charge in [0.25, 0.3) is 0 Å². The third kappa shape index (κ3) is 6.15. The van der Waals surface area contributed by atoms with Gasteiger partial charge in [0.1, 0.15) is 17.5 Å². The van der Waals surface area contributed by atoms with Crippen LogP contribution >= 0.6 is 11.8 Å². The van der Waals surface area contributed by atoms with Gasteiger partial charge in [0.2, 0.25) is 11.8 Å². The second kappa shape index (κ2) is 8.57. The van der Waals surface area contributed by atoms with Crippen LogP contribution in [-0.2, 0) is 9.59 Å². The van der Waals surface area contributed by atoms with Gasteiger partial charge >= 0.3 is 0 Å². The van der Waals surface area contributed by atoms with E-state index < -0.39 is 28.6 Å². The van der Waals surface area contributed by atoms with Gasteiger partial charge in [-0.1, -0.05) is 0 Å². The Bertz CT molecular complexity index is 749. The summed E-state index contributed by atoms with van der Waals surface area (Å²) in [5, 5.41) is 4.34. The molecule has 2 aromatic rings. The molecule has 0 aliphatic heterocycles. The molecule has 0 radical (unpaired) electrons. The molecule has 2 N–H and O–H groups in total. The fraction of sp³-hybridized carbons (Fsp3) is 0.176. The molecule has 0 saturated heterocycles. The number of anilines is 2. The number of rotatable bonds is 6. The molecule has 1 atom stereocenters. The number of carbonyl (C=O) groups is 2. The lowest BCUT2D eigenvalue weighted by molar-refractivity contribution is -0.115. The molecule has 4 nitrogen and oxygen atoms in total. The zero-order chi connectivity index (χ0) is 18.4. The molecule has 8 heteroatoms. The van der Waals surface area contributed by atoms with Crippen molar-refractivity contribution in [2.24, 2.45) is 0 Å². The minimum atomic E-state index is -0.797. The number of amides is 2. The summed E-state index contributed by atoms with van der Waals surface area (Å²) in [5.41, 5.74) is 0.449. The predicted octanol–water partition coefficient (Wildman–Crippen LogP) is 3.80. The van der Waals surface area contributed by atoms with Gasteiger partial charge in [-0.3, -0.25) is 9.59 Å². The van der Waals surface area contributed by atoms with Crippen LogP contribution in [0.5, 0.6) is 0 Å². The topological polar surface area (TPSA) is 58.2 Å². The molecular formula is C17H15F3N2O2S. The lowest BCUT2D eigenvalue weighted by Gasteiger charge is -2.12. The first kappa shape index (κ1) is 18.9. The Morgan fingerprint density at radius 2 is 1.52 bits per heavy atom. The van der Waals surface area contributed by atoms with Crippen molar-refractivity contribution in [2.45, 2.75) is 12.2 Å². The van der Waals surface area contributed by atoms with Gasteiger partial charge in [0.05, 0.1) is 11.0 Å². The lowest BCUT2D eigenvalue weighted by Crippen LogP contribution is -2.25. The Hall–Kier alpha value is -2.48. The van der Waals surface area contributed by atoms with E-state index in [4.69, 9.17) is 0 Å². The van der Waals surface area contributed by atoms with Crippen molar-refractivity contribution >= 4 is 35.0 Å². The van der Waals surface area contributed by atoms with Gasteiger partial charge in [-0.15, -0.1) is 11.8 Å². The molecule has 0 heterocycles. The summed E-state index contributed by atoms with van der Waals surface area (Å²) in [7, 11) is 0. The van der Waals surface area contributed by atoms with Gasteiger partial charge in [0, 0.05) is 17.4 Å². The lowest BCUT2D eigenvalue weighted by atomic mass is 10.3. The average molecular weight is 368 g/mol. The molecule has 2 aromatic carbocycles. The SMILES string of the molecule is CC(SCC(=O)Nc1ccc(F)cc1)C(=O)Nc1cc(F)cc(F)c1. The van der Waals surface area contributed by atoms with E-state index in [2.05, 4.69) is 10.6 Å². The van der Waals surface area contributed by atoms with Crippen LogP contribution in [0.2, 0.25) is 0 Å². The number of carbonyl (C=O) groups excluding carboxylic acids is 2. The van der Waals surface area contributed by atoms with Crippen molar-refractivity contribution in [1.29, 1.82) is 0 Å². The number of hydrogen-bond acceptors (Lipinski definition) is 3. The molecule has 0 bridgehead atoms. The highest BCUT2D eigenvalue weighted by Crippen LogP contribution is 2.17. The molecule has 0 aliphatic rings. The number of thioether (sulfide) groups is 1. The van der Waals surface area contributed by atoms with E-state index in [0.717, 1.165) is 23.9 Å². The summed E-state index contributed by atoms with van der Waals surface area (Å²) in [6.07, 6.45) is 0. The minimum absolute atomic E-state index is 0.00529. The van der Waals surface area contributed by atoms with Crippen molar-refractivity contribution in [3.8, 4) is 0 Å². The zero-order valence-electron chi connectivity index (χ0n) is 13.2. The van der Waals surface area contributed by atoms with Crippen molar-refractivity contribution in [2.75, 3.05) is 16.4 Å². The molecule has 0 aliphatic carbocycles. The van der Waals surface area contributed by atoms with E-state index in [1.807, 2.05) is 0 Å². The Kier molecular flexibility index (Phi) is 6.46. The second-order valence-corrected chi connectivity index (χ2v) is 6.48. The standard InChI is InChI=1S/C17H15F3N2O2S/c1-10(17(24)22-15-7-12(19)6-13(20)8-15)25-9-16(23)21-14-4-2-11(18)3-5-14/h2-8,10H,9H2,1H3,(H,21,23)(H,22,24). The smallest absolute Gasteiger partial charge is 0.237 e. The first-order valence-electron chi connectivity index (χ1n) is 7.27. The van der Waals surface area contributed by atoms with Crippen LogP contribution in [0, 0.1) is 17.5 Å². The Morgan fingerprint density at radius 1 is 0.920 bits per heavy atom. The third-order valence-corrected chi connectivity index (χ3v) is 4.23. The van der Waals surface area contributed by atoms with E-state index in [9.17, 15) is 22.8 Å². The van der Waals surface area contributed by atoms with Crippen molar-refractivity contribution in [3.05, 3.63) is 59.9 Å². The molecule has 0 aromatic heterocycles. The number of nitrogens with one attached hydrogen (secondary N) is 2. The molecule has 1 unspecified atom stereocenters. The van der Waals surface area contributed by atoms with Crippen molar-refractivity contribution in [1.82, 2.24) is 0 Å². The molecular weight excluding hydrogens is 353 g/mol. The average Bonchev–Trinajstić information content (AvgIpc) is 2.53. The van der Waals surface area contributed by atoms with E-state index in [-0.39, 0.29) is 17.3 Å². The van der Waals surface area contributed by atoms with Gasteiger partial charge in [0.15, 0.2) is 0 Å². The zero-order valence-corrected chi connectivity index (χ0v) is 14.0. The highest BCUT2D eigenvalue weighted by molar-refractivity contribution is 8.01. The highest BCUT2D eigenvalue weighted by atomic mass is 32.2. The number of halogens is 3.